The van der Waals surface area contributed by atoms with Gasteiger partial charge in [0.25, 0.3) is 0 Å². The number of hydrazine groups is 1. The first kappa shape index (κ1) is 15.2. The molecule has 7 nitrogen and oxygen atoms in total. The van der Waals surface area contributed by atoms with Gasteiger partial charge in [-0.15, -0.1) is 0 Å². The van der Waals surface area contributed by atoms with Crippen molar-refractivity contribution in [2.24, 2.45) is 12.9 Å². The molecule has 20 heavy (non-hydrogen) atoms. The molecule has 114 valence electrons. The molecule has 2 atom stereocenters. The molecule has 3 N–H and O–H groups in total. The number of ether oxygens (including phenoxy) is 2. The lowest BCUT2D eigenvalue weighted by atomic mass is 10.0. The van der Waals surface area contributed by atoms with Gasteiger partial charge in [0.2, 0.25) is 0 Å². The number of rotatable bonds is 5. The highest BCUT2D eigenvalue weighted by atomic mass is 16.5. The zero-order chi connectivity index (χ0) is 14.7. The van der Waals surface area contributed by atoms with Gasteiger partial charge in [-0.2, -0.15) is 5.10 Å². The van der Waals surface area contributed by atoms with Gasteiger partial charge in [-0.3, -0.25) is 15.4 Å². The van der Waals surface area contributed by atoms with Crippen LogP contribution >= 0.6 is 0 Å². The normalized spacial score (nSPS) is 22.2. The minimum Gasteiger partial charge on any atom is -0.493 e. The Labute approximate surface area is 120 Å². The van der Waals surface area contributed by atoms with Crippen molar-refractivity contribution >= 4 is 0 Å². The summed E-state index contributed by atoms with van der Waals surface area (Å²) in [5.41, 5.74) is 3.76. The van der Waals surface area contributed by atoms with Crippen LogP contribution in [0.4, 0.5) is 0 Å². The first-order chi connectivity index (χ1) is 9.58. The number of hydrogen-bond acceptors (Lipinski definition) is 6. The summed E-state index contributed by atoms with van der Waals surface area (Å²) >= 11 is 0. The van der Waals surface area contributed by atoms with Crippen LogP contribution in [0.3, 0.4) is 0 Å². The van der Waals surface area contributed by atoms with Crippen molar-refractivity contribution in [3.05, 3.63) is 11.9 Å². The highest BCUT2D eigenvalue weighted by molar-refractivity contribution is 5.29. The van der Waals surface area contributed by atoms with Crippen molar-refractivity contribution < 1.29 is 9.47 Å². The molecule has 1 aliphatic rings. The average Bonchev–Trinajstić information content (AvgIpc) is 2.82. The SMILES string of the molecule is COc1cnn(C)c1C(NN)C1CN(C(C)C)CCO1. The summed E-state index contributed by atoms with van der Waals surface area (Å²) in [5, 5.41) is 4.23. The molecule has 2 rings (SSSR count). The van der Waals surface area contributed by atoms with Crippen LogP contribution in [0.15, 0.2) is 6.20 Å². The Balaban J connectivity index is 2.21. The second-order valence-corrected chi connectivity index (χ2v) is 5.36. The van der Waals surface area contributed by atoms with Crippen LogP contribution in [0.2, 0.25) is 0 Å². The first-order valence-corrected chi connectivity index (χ1v) is 6.96. The number of nitrogens with one attached hydrogen (secondary N) is 1. The molecule has 1 aromatic rings. The van der Waals surface area contributed by atoms with Crippen molar-refractivity contribution in [1.82, 2.24) is 20.1 Å². The monoisotopic (exact) mass is 283 g/mol. The molecule has 7 heteroatoms. The van der Waals surface area contributed by atoms with Crippen LogP contribution in [0.25, 0.3) is 0 Å². The highest BCUT2D eigenvalue weighted by Gasteiger charge is 2.33. The Bertz CT molecular complexity index is 434. The largest absolute Gasteiger partial charge is 0.493 e. The quantitative estimate of drug-likeness (QED) is 0.587. The molecule has 0 aliphatic carbocycles. The van der Waals surface area contributed by atoms with E-state index in [1.54, 1.807) is 18.0 Å². The number of hydrogen-bond donors (Lipinski definition) is 2. The van der Waals surface area contributed by atoms with Crippen molar-refractivity contribution in [2.45, 2.75) is 32.0 Å². The van der Waals surface area contributed by atoms with Gasteiger partial charge >= 0.3 is 0 Å². The van der Waals surface area contributed by atoms with E-state index in [0.29, 0.717) is 12.6 Å². The molecule has 1 aliphatic heterocycles. The highest BCUT2D eigenvalue weighted by Crippen LogP contribution is 2.29. The Morgan fingerprint density at radius 1 is 1.55 bits per heavy atom. The molecule has 2 heterocycles. The number of methoxy groups -OCH3 is 1. The summed E-state index contributed by atoms with van der Waals surface area (Å²) < 4.78 is 13.1. The maximum absolute atomic E-state index is 5.91. The average molecular weight is 283 g/mol. The molecule has 1 fully saturated rings. The van der Waals surface area contributed by atoms with E-state index < -0.39 is 0 Å². The summed E-state index contributed by atoms with van der Waals surface area (Å²) in [6.07, 6.45) is 1.67. The number of aryl methyl sites for hydroxylation is 1. The topological polar surface area (TPSA) is 77.6 Å². The van der Waals surface area contributed by atoms with Gasteiger partial charge in [-0.1, -0.05) is 0 Å². The van der Waals surface area contributed by atoms with Crippen molar-refractivity contribution in [2.75, 3.05) is 26.8 Å². The summed E-state index contributed by atoms with van der Waals surface area (Å²) in [6, 6.07) is 0.340. The zero-order valence-electron chi connectivity index (χ0n) is 12.7. The van der Waals surface area contributed by atoms with Crippen molar-refractivity contribution in [3.63, 3.8) is 0 Å². The lowest BCUT2D eigenvalue weighted by Gasteiger charge is -2.38. The van der Waals surface area contributed by atoms with E-state index in [4.69, 9.17) is 15.3 Å². The lowest BCUT2D eigenvalue weighted by Crippen LogP contribution is -2.51. The van der Waals surface area contributed by atoms with E-state index in [-0.39, 0.29) is 12.1 Å². The van der Waals surface area contributed by atoms with Gasteiger partial charge in [0, 0.05) is 26.2 Å². The first-order valence-electron chi connectivity index (χ1n) is 6.96. The molecule has 0 spiro atoms. The summed E-state index contributed by atoms with van der Waals surface area (Å²) in [4.78, 5) is 2.39. The van der Waals surface area contributed by atoms with E-state index in [0.717, 1.165) is 24.5 Å². The molecule has 0 aromatic carbocycles. The van der Waals surface area contributed by atoms with Gasteiger partial charge in [-0.25, -0.2) is 5.43 Å². The van der Waals surface area contributed by atoms with E-state index in [2.05, 4.69) is 29.3 Å². The number of nitrogens with zero attached hydrogens (tertiary/aromatic N) is 3. The zero-order valence-corrected chi connectivity index (χ0v) is 12.7. The second kappa shape index (κ2) is 6.53. The number of nitrogens with two attached hydrogens (primary N) is 1. The van der Waals surface area contributed by atoms with Gasteiger partial charge in [-0.05, 0) is 13.8 Å². The molecular weight excluding hydrogens is 258 g/mol. The van der Waals surface area contributed by atoms with Gasteiger partial charge in [0.15, 0.2) is 5.75 Å². The molecule has 0 radical (unpaired) electrons. The molecule has 0 bridgehead atoms. The van der Waals surface area contributed by atoms with Crippen LogP contribution in [0, 0.1) is 0 Å². The minimum absolute atomic E-state index is 0.0274. The maximum Gasteiger partial charge on any atom is 0.161 e. The van der Waals surface area contributed by atoms with E-state index in [1.165, 1.54) is 0 Å². The molecule has 2 unspecified atom stereocenters. The summed E-state index contributed by atoms with van der Waals surface area (Å²) in [5.74, 6) is 6.49. The predicted molar refractivity (Wildman–Crippen MR) is 76.3 cm³/mol. The fourth-order valence-electron chi connectivity index (χ4n) is 2.67. The third-order valence-corrected chi connectivity index (χ3v) is 3.87. The Morgan fingerprint density at radius 2 is 2.30 bits per heavy atom. The third-order valence-electron chi connectivity index (χ3n) is 3.87. The number of morpholine rings is 1. The van der Waals surface area contributed by atoms with Gasteiger partial charge in [0.1, 0.15) is 5.69 Å². The Morgan fingerprint density at radius 3 is 2.90 bits per heavy atom. The van der Waals surface area contributed by atoms with Crippen LogP contribution in [0.5, 0.6) is 5.75 Å². The number of aromatic nitrogens is 2. The van der Waals surface area contributed by atoms with Crippen LogP contribution in [-0.2, 0) is 11.8 Å². The van der Waals surface area contributed by atoms with Gasteiger partial charge < -0.3 is 9.47 Å². The minimum atomic E-state index is -0.154. The molecular formula is C13H25N5O2. The Kier molecular flexibility index (Phi) is 4.98. The molecule has 0 saturated carbocycles. The van der Waals surface area contributed by atoms with E-state index in [9.17, 15) is 0 Å². The Hall–Kier alpha value is -1.15. The standard InChI is InChI=1S/C13H25N5O2/c1-9(2)18-5-6-20-11(8-18)12(16-14)13-10(19-4)7-15-17(13)3/h7,9,11-12,16H,5-6,8,14H2,1-4H3. The second-order valence-electron chi connectivity index (χ2n) is 5.36. The predicted octanol–water partition coefficient (Wildman–Crippen LogP) is 0.0423. The fraction of sp³-hybridized carbons (Fsp3) is 0.769. The smallest absolute Gasteiger partial charge is 0.161 e. The molecule has 1 aromatic heterocycles. The summed E-state index contributed by atoms with van der Waals surface area (Å²) in [7, 11) is 3.52. The molecule has 0 amide bonds. The maximum atomic E-state index is 5.91. The third kappa shape index (κ3) is 2.95. The summed E-state index contributed by atoms with van der Waals surface area (Å²) in [6.45, 7) is 6.88. The molecule has 1 saturated heterocycles. The fourth-order valence-corrected chi connectivity index (χ4v) is 2.67. The van der Waals surface area contributed by atoms with Crippen LogP contribution in [0.1, 0.15) is 25.6 Å². The van der Waals surface area contributed by atoms with Gasteiger partial charge in [0.05, 0.1) is 32.1 Å². The lowest BCUT2D eigenvalue weighted by molar-refractivity contribution is -0.0575. The van der Waals surface area contributed by atoms with Crippen LogP contribution in [-0.4, -0.2) is 53.6 Å². The van der Waals surface area contributed by atoms with Crippen molar-refractivity contribution in [1.29, 1.82) is 0 Å². The van der Waals surface area contributed by atoms with Crippen molar-refractivity contribution in [3.8, 4) is 5.75 Å². The van der Waals surface area contributed by atoms with E-state index in [1.807, 2.05) is 7.05 Å². The van der Waals surface area contributed by atoms with Crippen LogP contribution < -0.4 is 16.0 Å². The van der Waals surface area contributed by atoms with E-state index >= 15 is 0 Å².